The van der Waals surface area contributed by atoms with Crippen LogP contribution in [0.1, 0.15) is 45.1 Å². The van der Waals surface area contributed by atoms with Crippen molar-refractivity contribution in [2.24, 2.45) is 0 Å². The van der Waals surface area contributed by atoms with Crippen LogP contribution in [0.25, 0.3) is 0 Å². The SMILES string of the molecule is c1ccc2c(c1)C1c3ccccc3C2(Cc2ccoc2)Cc2ccoc21. The summed E-state index contributed by atoms with van der Waals surface area (Å²) < 4.78 is 11.4. The summed E-state index contributed by atoms with van der Waals surface area (Å²) in [6.07, 6.45) is 7.38. The highest BCUT2D eigenvalue weighted by molar-refractivity contribution is 5.63. The molecule has 2 heteroatoms. The quantitative estimate of drug-likeness (QED) is 0.486. The normalized spacial score (nSPS) is 22.4. The molecule has 0 aliphatic heterocycles. The molecule has 2 heterocycles. The standard InChI is InChI=1S/C24H18O2/c1-3-7-20-18(5-1)22-19-6-2-4-8-21(19)24(20,13-16-9-11-25-15-16)14-17-10-12-26-23(17)22/h1-12,15,22H,13-14H2. The topological polar surface area (TPSA) is 26.3 Å². The molecule has 2 nitrogen and oxygen atoms in total. The van der Waals surface area contributed by atoms with Crippen LogP contribution in [0.5, 0.6) is 0 Å². The molecule has 3 aliphatic carbocycles. The highest BCUT2D eigenvalue weighted by Crippen LogP contribution is 2.55. The molecular weight excluding hydrogens is 320 g/mol. The molecule has 0 saturated carbocycles. The fraction of sp³-hybridized carbons (Fsp3) is 0.167. The molecule has 7 rings (SSSR count). The molecule has 0 atom stereocenters. The smallest absolute Gasteiger partial charge is 0.118 e. The van der Waals surface area contributed by atoms with Gasteiger partial charge < -0.3 is 8.83 Å². The summed E-state index contributed by atoms with van der Waals surface area (Å²) in [5.41, 5.74) is 8.08. The first-order valence-corrected chi connectivity index (χ1v) is 9.13. The van der Waals surface area contributed by atoms with E-state index in [0.717, 1.165) is 18.6 Å². The van der Waals surface area contributed by atoms with Crippen LogP contribution in [0.2, 0.25) is 0 Å². The van der Waals surface area contributed by atoms with Crippen molar-refractivity contribution in [1.29, 1.82) is 0 Å². The Morgan fingerprint density at radius 1 is 0.846 bits per heavy atom. The Hall–Kier alpha value is -3.00. The third kappa shape index (κ3) is 1.71. The lowest BCUT2D eigenvalue weighted by molar-refractivity contribution is 0.485. The number of hydrogen-bond donors (Lipinski definition) is 0. The molecule has 0 amide bonds. The average molecular weight is 338 g/mol. The second kappa shape index (κ2) is 5.01. The molecule has 0 radical (unpaired) electrons. The molecule has 0 saturated heterocycles. The van der Waals surface area contributed by atoms with E-state index in [9.17, 15) is 0 Å². The lowest BCUT2D eigenvalue weighted by Crippen LogP contribution is -2.36. The molecule has 0 unspecified atom stereocenters. The molecule has 26 heavy (non-hydrogen) atoms. The van der Waals surface area contributed by atoms with Crippen molar-refractivity contribution in [3.8, 4) is 0 Å². The lowest BCUT2D eigenvalue weighted by Gasteiger charge is -2.41. The molecular formula is C24H18O2. The predicted molar refractivity (Wildman–Crippen MR) is 99.4 cm³/mol. The minimum Gasteiger partial charge on any atom is -0.472 e. The van der Waals surface area contributed by atoms with Crippen molar-refractivity contribution in [3.05, 3.63) is 119 Å². The monoisotopic (exact) mass is 338 g/mol. The highest BCUT2D eigenvalue weighted by atomic mass is 16.3. The van der Waals surface area contributed by atoms with Gasteiger partial charge in [-0.3, -0.25) is 0 Å². The van der Waals surface area contributed by atoms with E-state index in [1.807, 2.05) is 12.5 Å². The van der Waals surface area contributed by atoms with Crippen molar-refractivity contribution in [3.63, 3.8) is 0 Å². The number of benzene rings is 2. The molecule has 4 aromatic rings. The minimum absolute atomic E-state index is 0.0946. The van der Waals surface area contributed by atoms with Gasteiger partial charge in [0.15, 0.2) is 0 Å². The van der Waals surface area contributed by atoms with Gasteiger partial charge in [-0.15, -0.1) is 0 Å². The summed E-state index contributed by atoms with van der Waals surface area (Å²) in [7, 11) is 0. The van der Waals surface area contributed by atoms with Gasteiger partial charge in [0.05, 0.1) is 24.7 Å². The molecule has 0 N–H and O–H groups in total. The summed E-state index contributed by atoms with van der Waals surface area (Å²) in [5, 5.41) is 0. The second-order valence-electron chi connectivity index (χ2n) is 7.48. The maximum Gasteiger partial charge on any atom is 0.118 e. The number of hydrogen-bond acceptors (Lipinski definition) is 2. The van der Waals surface area contributed by atoms with E-state index in [2.05, 4.69) is 60.7 Å². The maximum absolute atomic E-state index is 6.04. The van der Waals surface area contributed by atoms with Crippen LogP contribution in [0.15, 0.2) is 88.3 Å². The van der Waals surface area contributed by atoms with Crippen molar-refractivity contribution in [1.82, 2.24) is 0 Å². The average Bonchev–Trinajstić information content (AvgIpc) is 3.31. The van der Waals surface area contributed by atoms with Gasteiger partial charge in [-0.05, 0) is 58.4 Å². The zero-order chi connectivity index (χ0) is 17.1. The Bertz CT molecular complexity index is 1050. The van der Waals surface area contributed by atoms with Gasteiger partial charge in [0, 0.05) is 5.41 Å². The van der Waals surface area contributed by atoms with Gasteiger partial charge in [0.2, 0.25) is 0 Å². The summed E-state index contributed by atoms with van der Waals surface area (Å²) in [4.78, 5) is 0. The summed E-state index contributed by atoms with van der Waals surface area (Å²) in [6, 6.07) is 22.1. The van der Waals surface area contributed by atoms with Crippen molar-refractivity contribution >= 4 is 0 Å². The van der Waals surface area contributed by atoms with E-state index >= 15 is 0 Å². The first-order chi connectivity index (χ1) is 12.9. The van der Waals surface area contributed by atoms with Gasteiger partial charge in [-0.25, -0.2) is 0 Å². The molecule has 2 aromatic heterocycles. The van der Waals surface area contributed by atoms with Gasteiger partial charge >= 0.3 is 0 Å². The zero-order valence-corrected chi connectivity index (χ0v) is 14.3. The molecule has 3 aliphatic rings. The van der Waals surface area contributed by atoms with Crippen molar-refractivity contribution < 1.29 is 8.83 Å². The van der Waals surface area contributed by atoms with Crippen molar-refractivity contribution in [2.45, 2.75) is 24.2 Å². The van der Waals surface area contributed by atoms with E-state index in [-0.39, 0.29) is 11.3 Å². The van der Waals surface area contributed by atoms with Gasteiger partial charge in [-0.1, -0.05) is 48.5 Å². The fourth-order valence-corrected chi connectivity index (χ4v) is 5.22. The highest BCUT2D eigenvalue weighted by Gasteiger charge is 2.48. The fourth-order valence-electron chi connectivity index (χ4n) is 5.22. The molecule has 0 spiro atoms. The van der Waals surface area contributed by atoms with Crippen LogP contribution in [-0.4, -0.2) is 0 Å². The van der Waals surface area contributed by atoms with Gasteiger partial charge in [0.1, 0.15) is 5.76 Å². The summed E-state index contributed by atoms with van der Waals surface area (Å²) in [6.45, 7) is 0. The van der Waals surface area contributed by atoms with Crippen molar-refractivity contribution in [2.75, 3.05) is 0 Å². The third-order valence-corrected chi connectivity index (χ3v) is 6.20. The number of rotatable bonds is 2. The second-order valence-corrected chi connectivity index (χ2v) is 7.48. The predicted octanol–water partition coefficient (Wildman–Crippen LogP) is 5.45. The van der Waals surface area contributed by atoms with E-state index in [1.165, 1.54) is 33.4 Å². The Kier molecular flexibility index (Phi) is 2.74. The Morgan fingerprint density at radius 2 is 1.58 bits per heavy atom. The Labute approximate surface area is 152 Å². The lowest BCUT2D eigenvalue weighted by atomic mass is 9.61. The first-order valence-electron chi connectivity index (χ1n) is 9.13. The molecule has 0 fully saturated rings. The van der Waals surface area contributed by atoms with Crippen LogP contribution < -0.4 is 0 Å². The molecule has 2 bridgehead atoms. The van der Waals surface area contributed by atoms with Gasteiger partial charge in [-0.2, -0.15) is 0 Å². The zero-order valence-electron chi connectivity index (χ0n) is 14.3. The van der Waals surface area contributed by atoms with E-state index in [1.54, 1.807) is 6.26 Å². The summed E-state index contributed by atoms with van der Waals surface area (Å²) >= 11 is 0. The van der Waals surface area contributed by atoms with E-state index in [0.29, 0.717) is 0 Å². The first kappa shape index (κ1) is 14.2. The largest absolute Gasteiger partial charge is 0.472 e. The third-order valence-electron chi connectivity index (χ3n) is 6.20. The van der Waals surface area contributed by atoms with Crippen LogP contribution in [0.3, 0.4) is 0 Å². The number of furan rings is 2. The van der Waals surface area contributed by atoms with Crippen LogP contribution in [-0.2, 0) is 18.3 Å². The molecule has 2 aromatic carbocycles. The van der Waals surface area contributed by atoms with Gasteiger partial charge in [0.25, 0.3) is 0 Å². The molecule has 126 valence electrons. The Morgan fingerprint density at radius 3 is 2.27 bits per heavy atom. The van der Waals surface area contributed by atoms with Crippen LogP contribution in [0.4, 0.5) is 0 Å². The summed E-state index contributed by atoms with van der Waals surface area (Å²) in [5.74, 6) is 1.30. The minimum atomic E-state index is -0.0946. The van der Waals surface area contributed by atoms with Crippen LogP contribution in [0, 0.1) is 0 Å². The van der Waals surface area contributed by atoms with E-state index in [4.69, 9.17) is 8.83 Å². The van der Waals surface area contributed by atoms with Crippen LogP contribution >= 0.6 is 0 Å². The Balaban J connectivity index is 1.73. The van der Waals surface area contributed by atoms with E-state index < -0.39 is 0 Å². The maximum atomic E-state index is 6.04.